The van der Waals surface area contributed by atoms with Crippen molar-refractivity contribution in [1.82, 2.24) is 24.4 Å². The molecule has 3 aromatic rings. The number of imidazole rings is 1. The molecule has 1 fully saturated rings. The highest BCUT2D eigenvalue weighted by molar-refractivity contribution is 5.41. The predicted molar refractivity (Wildman–Crippen MR) is 134 cm³/mol. The number of rotatable bonds is 9. The molecule has 0 saturated carbocycles. The van der Waals surface area contributed by atoms with Crippen LogP contribution < -0.4 is 14.4 Å². The summed E-state index contributed by atoms with van der Waals surface area (Å²) >= 11 is 0. The van der Waals surface area contributed by atoms with Gasteiger partial charge in [0, 0.05) is 56.0 Å². The monoisotopic (exact) mass is 547 g/mol. The molecule has 0 amide bonds. The Balaban J connectivity index is 1.02. The molecule has 1 saturated heterocycles. The van der Waals surface area contributed by atoms with Gasteiger partial charge >= 0.3 is 18.0 Å². The fourth-order valence-electron chi connectivity index (χ4n) is 4.59. The Morgan fingerprint density at radius 3 is 2.56 bits per heavy atom. The van der Waals surface area contributed by atoms with Gasteiger partial charge in [-0.25, -0.2) is 4.98 Å². The van der Waals surface area contributed by atoms with Crippen molar-refractivity contribution in [2.45, 2.75) is 38.1 Å². The fourth-order valence-corrected chi connectivity index (χ4v) is 4.59. The number of anilines is 1. The van der Waals surface area contributed by atoms with E-state index in [1.54, 1.807) is 10.8 Å². The second kappa shape index (κ2) is 11.4. The molecule has 5 rings (SSSR count). The van der Waals surface area contributed by atoms with Crippen LogP contribution in [0.25, 0.3) is 0 Å². The number of ether oxygens (including phenoxy) is 2. The lowest BCUT2D eigenvalue weighted by Gasteiger charge is -2.35. The molecule has 0 spiro atoms. The van der Waals surface area contributed by atoms with Crippen LogP contribution in [0.1, 0.15) is 24.1 Å². The second-order valence-corrected chi connectivity index (χ2v) is 9.49. The molecule has 11 nitrogen and oxygen atoms in total. The first-order valence-corrected chi connectivity index (χ1v) is 12.7. The molecule has 0 N–H and O–H groups in total. The number of nitrogens with zero attached hydrogens (tertiary/aromatic N) is 7. The third kappa shape index (κ3) is 6.74. The molecule has 2 aliphatic heterocycles. The minimum Gasteiger partial charge on any atom is -0.488 e. The highest BCUT2D eigenvalue weighted by Crippen LogP contribution is 2.28. The van der Waals surface area contributed by atoms with Gasteiger partial charge in [-0.05, 0) is 48.6 Å². The van der Waals surface area contributed by atoms with Gasteiger partial charge in [0.05, 0.1) is 11.8 Å². The number of nitro groups is 1. The van der Waals surface area contributed by atoms with E-state index in [1.165, 1.54) is 12.3 Å². The van der Waals surface area contributed by atoms with Crippen LogP contribution in [-0.2, 0) is 19.1 Å². The normalized spacial score (nSPS) is 17.9. The summed E-state index contributed by atoms with van der Waals surface area (Å²) in [6.07, 6.45) is 1.43. The van der Waals surface area contributed by atoms with Crippen molar-refractivity contribution >= 4 is 11.6 Å². The number of pyridine rings is 2. The number of aromatic nitrogens is 4. The molecule has 14 heteroatoms. The van der Waals surface area contributed by atoms with Crippen LogP contribution in [0, 0.1) is 10.1 Å². The number of halogens is 3. The lowest BCUT2D eigenvalue weighted by atomic mass is 10.1. The molecule has 0 bridgehead atoms. The van der Waals surface area contributed by atoms with Crippen molar-refractivity contribution < 1.29 is 27.6 Å². The Kier molecular flexibility index (Phi) is 7.82. The molecule has 0 aromatic carbocycles. The maximum atomic E-state index is 12.7. The van der Waals surface area contributed by atoms with Crippen molar-refractivity contribution in [1.29, 1.82) is 0 Å². The highest BCUT2D eigenvalue weighted by atomic mass is 19.4. The largest absolute Gasteiger partial charge is 0.488 e. The summed E-state index contributed by atoms with van der Waals surface area (Å²) < 4.78 is 51.2. The van der Waals surface area contributed by atoms with Gasteiger partial charge in [-0.15, -0.1) is 0 Å². The molecule has 0 aliphatic carbocycles. The molecule has 3 aromatic heterocycles. The van der Waals surface area contributed by atoms with Gasteiger partial charge < -0.3 is 24.5 Å². The minimum atomic E-state index is -4.36. The summed E-state index contributed by atoms with van der Waals surface area (Å²) in [4.78, 5) is 27.3. The summed E-state index contributed by atoms with van der Waals surface area (Å²) in [7, 11) is 0. The van der Waals surface area contributed by atoms with Crippen molar-refractivity contribution in [2.75, 3.05) is 44.2 Å². The Hall–Kier alpha value is -3.94. The molecular formula is C25H28F3N7O4. The first-order chi connectivity index (χ1) is 18.7. The maximum absolute atomic E-state index is 12.7. The number of aryl methyl sites for hydroxylation is 2. The molecule has 2 aliphatic rings. The molecule has 5 heterocycles. The van der Waals surface area contributed by atoms with E-state index in [0.717, 1.165) is 57.2 Å². The van der Waals surface area contributed by atoms with Gasteiger partial charge in [0.1, 0.15) is 30.5 Å². The van der Waals surface area contributed by atoms with Crippen LogP contribution in [0.5, 0.6) is 11.8 Å². The lowest BCUT2D eigenvalue weighted by Crippen LogP contribution is -2.47. The van der Waals surface area contributed by atoms with E-state index in [9.17, 15) is 23.3 Å². The smallest absolute Gasteiger partial charge is 0.417 e. The van der Waals surface area contributed by atoms with E-state index in [0.29, 0.717) is 30.8 Å². The number of hydrogen-bond acceptors (Lipinski definition) is 9. The summed E-state index contributed by atoms with van der Waals surface area (Å²) in [6, 6.07) is 6.54. The zero-order valence-electron chi connectivity index (χ0n) is 21.1. The van der Waals surface area contributed by atoms with Crippen LogP contribution in [0.15, 0.2) is 42.9 Å². The van der Waals surface area contributed by atoms with Gasteiger partial charge in [0.15, 0.2) is 0 Å². The summed E-state index contributed by atoms with van der Waals surface area (Å²) in [6.45, 7) is 5.08. The Morgan fingerprint density at radius 1 is 1.08 bits per heavy atom. The number of piperazine rings is 1. The second-order valence-electron chi connectivity index (χ2n) is 9.49. The van der Waals surface area contributed by atoms with Gasteiger partial charge in [-0.2, -0.15) is 13.2 Å². The van der Waals surface area contributed by atoms with Crippen LogP contribution >= 0.6 is 0 Å². The summed E-state index contributed by atoms with van der Waals surface area (Å²) in [5.41, 5.74) is -0.0594. The van der Waals surface area contributed by atoms with Gasteiger partial charge in [-0.3, -0.25) is 14.5 Å². The molecule has 1 unspecified atom stereocenters. The first kappa shape index (κ1) is 26.7. The van der Waals surface area contributed by atoms with Crippen molar-refractivity contribution in [2.24, 2.45) is 0 Å². The molecule has 1 atom stereocenters. The summed E-state index contributed by atoms with van der Waals surface area (Å²) in [5.74, 6) is 1.24. The number of alkyl halides is 3. The minimum absolute atomic E-state index is 0.227. The van der Waals surface area contributed by atoms with Crippen LogP contribution in [0.2, 0.25) is 0 Å². The topological polar surface area (TPSA) is 112 Å². The fraction of sp³-hybridized carbons (Fsp3) is 0.480. The van der Waals surface area contributed by atoms with E-state index >= 15 is 0 Å². The van der Waals surface area contributed by atoms with Crippen molar-refractivity contribution in [3.8, 4) is 11.8 Å². The third-order valence-electron chi connectivity index (χ3n) is 6.79. The Labute approximate surface area is 222 Å². The third-order valence-corrected chi connectivity index (χ3v) is 6.79. The Morgan fingerprint density at radius 2 is 1.90 bits per heavy atom. The van der Waals surface area contributed by atoms with Crippen molar-refractivity contribution in [3.05, 3.63) is 64.2 Å². The zero-order valence-corrected chi connectivity index (χ0v) is 21.1. The van der Waals surface area contributed by atoms with Crippen LogP contribution in [-0.4, -0.2) is 74.8 Å². The van der Waals surface area contributed by atoms with Gasteiger partial charge in [0.2, 0.25) is 0 Å². The molecule has 39 heavy (non-hydrogen) atoms. The SMILES string of the molecule is O=[N+]([O-])c1cn2c(n1)OC(COc1ccc(N3CCN(CCCc4ccc(C(F)(F)F)cn4)CC3)nc1)CC2. The van der Waals surface area contributed by atoms with E-state index in [-0.39, 0.29) is 24.5 Å². The van der Waals surface area contributed by atoms with Gasteiger partial charge in [0.25, 0.3) is 0 Å². The lowest BCUT2D eigenvalue weighted by molar-refractivity contribution is -0.389. The van der Waals surface area contributed by atoms with E-state index < -0.39 is 16.7 Å². The standard InChI is InChI=1S/C25H28F3N7O4/c26-25(27,28)18-3-4-19(29-14-18)2-1-8-32-10-12-33(13-11-32)22-6-5-20(15-30-22)38-17-21-7-9-34-16-23(35(36)37)31-24(34)39-21/h3-6,14-16,21H,1-2,7-13,17H2. The maximum Gasteiger partial charge on any atom is 0.417 e. The summed E-state index contributed by atoms with van der Waals surface area (Å²) in [5, 5.41) is 10.9. The number of hydrogen-bond donors (Lipinski definition) is 0. The zero-order chi connectivity index (χ0) is 27.4. The van der Waals surface area contributed by atoms with Crippen LogP contribution in [0.3, 0.4) is 0 Å². The quantitative estimate of drug-likeness (QED) is 0.293. The molecular weight excluding hydrogens is 519 g/mol. The molecule has 208 valence electrons. The number of fused-ring (bicyclic) bond motifs is 1. The average molecular weight is 548 g/mol. The van der Waals surface area contributed by atoms with Crippen molar-refractivity contribution in [3.63, 3.8) is 0 Å². The first-order valence-electron chi connectivity index (χ1n) is 12.7. The van der Waals surface area contributed by atoms with E-state index in [4.69, 9.17) is 9.47 Å². The van der Waals surface area contributed by atoms with E-state index in [1.807, 2.05) is 12.1 Å². The highest BCUT2D eigenvalue weighted by Gasteiger charge is 2.31. The Bertz CT molecular complexity index is 1260. The molecule has 0 radical (unpaired) electrons. The van der Waals surface area contributed by atoms with E-state index in [2.05, 4.69) is 24.8 Å². The van der Waals surface area contributed by atoms with Crippen LogP contribution in [0.4, 0.5) is 24.8 Å². The predicted octanol–water partition coefficient (Wildman–Crippen LogP) is 3.59. The average Bonchev–Trinajstić information content (AvgIpc) is 3.37. The van der Waals surface area contributed by atoms with Gasteiger partial charge in [-0.1, -0.05) is 0 Å².